The second-order valence-electron chi connectivity index (χ2n) is 17.2. The molecule has 340 valence electrons. The van der Waals surface area contributed by atoms with Crippen molar-refractivity contribution in [3.8, 4) is 0 Å². The van der Waals surface area contributed by atoms with Crippen molar-refractivity contribution in [1.29, 1.82) is 0 Å². The van der Waals surface area contributed by atoms with Crippen LogP contribution in [-0.4, -0.2) is 28.1 Å². The van der Waals surface area contributed by atoms with Crippen molar-refractivity contribution >= 4 is 11.4 Å². The summed E-state index contributed by atoms with van der Waals surface area (Å²) in [5.74, 6) is 0. The number of nitrogens with zero attached hydrogens (tertiary/aromatic N) is 2. The number of aliphatic hydroxyl groups excluding tert-OH is 2. The first-order valence-electron chi connectivity index (χ1n) is 24.7. The summed E-state index contributed by atoms with van der Waals surface area (Å²) in [4.78, 5) is 0. The molecule has 0 atom stereocenters. The number of hydrogen-bond donors (Lipinski definition) is 2. The Labute approximate surface area is 376 Å². The molecular formula is C54H92N2NiO2. The summed E-state index contributed by atoms with van der Waals surface area (Å²) in [6.45, 7) is 18.4. The summed E-state index contributed by atoms with van der Waals surface area (Å²) in [6, 6.07) is 14.2. The van der Waals surface area contributed by atoms with Crippen molar-refractivity contribution in [2.45, 2.75) is 235 Å². The van der Waals surface area contributed by atoms with Crippen LogP contribution < -0.4 is 0 Å². The molecule has 4 nitrogen and oxygen atoms in total. The molecule has 0 fully saturated rings. The van der Waals surface area contributed by atoms with E-state index in [4.69, 9.17) is 10.2 Å². The Hall–Kier alpha value is -2.07. The number of aryl methyl sites for hydroxylation is 4. The Balaban J connectivity index is 0.00000272. The van der Waals surface area contributed by atoms with Gasteiger partial charge in [0.1, 0.15) is 0 Å². The minimum Gasteiger partial charge on any atom is -0.493 e. The van der Waals surface area contributed by atoms with Crippen LogP contribution in [0.5, 0.6) is 0 Å². The van der Waals surface area contributed by atoms with Crippen molar-refractivity contribution < 1.29 is 31.4 Å². The van der Waals surface area contributed by atoms with E-state index in [1.54, 1.807) is 4.70 Å². The number of benzene rings is 2. The van der Waals surface area contributed by atoms with Crippen molar-refractivity contribution in [3.63, 3.8) is 0 Å². The molecule has 1 aliphatic heterocycles. The Morgan fingerprint density at radius 2 is 0.678 bits per heavy atom. The summed E-state index contributed by atoms with van der Waals surface area (Å²) in [7, 11) is 0. The number of unbranched alkanes of at least 4 members (excludes halogenated alkanes) is 18. The molecule has 0 saturated carbocycles. The molecular weight excluding hydrogens is 767 g/mol. The number of aliphatic hydroxyl groups is 2. The third kappa shape index (κ3) is 24.2. The maximum atomic E-state index is 12.4. The van der Waals surface area contributed by atoms with Gasteiger partial charge in [0.2, 0.25) is 11.4 Å². The number of hydrogen-bond acceptors (Lipinski definition) is 2. The average molecular weight is 860 g/mol. The van der Waals surface area contributed by atoms with E-state index in [2.05, 4.69) is 91.8 Å². The molecule has 3 rings (SSSR count). The first-order valence-corrected chi connectivity index (χ1v) is 24.7. The molecule has 0 radical (unpaired) electrons. The molecule has 0 unspecified atom stereocenters. The van der Waals surface area contributed by atoms with Crippen LogP contribution in [0, 0.1) is 13.8 Å². The van der Waals surface area contributed by atoms with Gasteiger partial charge in [-0.15, -0.1) is 0 Å². The third-order valence-electron chi connectivity index (χ3n) is 11.4. The van der Waals surface area contributed by atoms with Crippen LogP contribution in [-0.2, 0) is 29.3 Å². The van der Waals surface area contributed by atoms with Gasteiger partial charge in [-0.3, -0.25) is 0 Å². The zero-order valence-electron chi connectivity index (χ0n) is 39.8. The minimum atomic E-state index is 0. The first-order chi connectivity index (χ1) is 28.3. The van der Waals surface area contributed by atoms with Crippen LogP contribution in [0.15, 0.2) is 47.5 Å². The monoisotopic (exact) mass is 859 g/mol. The summed E-state index contributed by atoms with van der Waals surface area (Å²) < 4.78 is 1.63. The summed E-state index contributed by atoms with van der Waals surface area (Å²) in [6.07, 6.45) is 34.1. The van der Waals surface area contributed by atoms with Crippen LogP contribution in [0.25, 0.3) is 16.9 Å². The summed E-state index contributed by atoms with van der Waals surface area (Å²) in [5.41, 5.74) is 25.1. The van der Waals surface area contributed by atoms with E-state index in [9.17, 15) is 5.53 Å². The van der Waals surface area contributed by atoms with Crippen LogP contribution >= 0.6 is 0 Å². The van der Waals surface area contributed by atoms with Gasteiger partial charge in [0.15, 0.2) is 0 Å². The van der Waals surface area contributed by atoms with Gasteiger partial charge in [0.05, 0.1) is 0 Å². The fourth-order valence-electron chi connectivity index (χ4n) is 8.06. The molecule has 2 aromatic carbocycles. The molecule has 59 heavy (non-hydrogen) atoms. The zero-order chi connectivity index (χ0) is 42.8. The van der Waals surface area contributed by atoms with Crippen LogP contribution in [0.2, 0.25) is 0 Å². The van der Waals surface area contributed by atoms with E-state index >= 15 is 0 Å². The maximum Gasteiger partial charge on any atom is 0.211 e. The predicted octanol–water partition coefficient (Wildman–Crippen LogP) is 16.8. The quantitative estimate of drug-likeness (QED) is 0.0467. The van der Waals surface area contributed by atoms with Crippen LogP contribution in [0.3, 0.4) is 0 Å². The molecule has 0 bridgehead atoms. The minimum absolute atomic E-state index is 0. The number of rotatable bonds is 30. The van der Waals surface area contributed by atoms with E-state index in [1.165, 1.54) is 173 Å². The van der Waals surface area contributed by atoms with Gasteiger partial charge in [0.25, 0.3) is 0 Å². The molecule has 0 aromatic heterocycles. The van der Waals surface area contributed by atoms with E-state index in [1.807, 2.05) is 0 Å². The van der Waals surface area contributed by atoms with Gasteiger partial charge in [0, 0.05) is 52.0 Å². The Morgan fingerprint density at radius 1 is 0.390 bits per heavy atom. The fourth-order valence-corrected chi connectivity index (χ4v) is 8.06. The summed E-state index contributed by atoms with van der Waals surface area (Å²) in [5, 5.41) is 16.1. The van der Waals surface area contributed by atoms with Crippen molar-refractivity contribution in [2.75, 3.05) is 13.2 Å². The molecule has 0 saturated heterocycles. The standard InChI is InChI=1S/C46H72N2.2C4H10O.Ni/c1-7-11-15-18-21-24-27-39-31-37(5)33-41(35-39)45-43(29-23-14-10-4)44(30-26-20-17-13-9-3)46(48(45)47)42-34-38(6)32-40(36-42)28-25-22-19-16-12-8-2;2*1-2-3-4-5;/h31-36H,7-30H2,1-6H3;2*5H,2-4H2,1H3;. The maximum absolute atomic E-state index is 12.4. The van der Waals surface area contributed by atoms with Gasteiger partial charge in [-0.1, -0.05) is 180 Å². The molecule has 1 heterocycles. The molecule has 1 aliphatic rings. The Kier molecular flexibility index (Phi) is 36.4. The summed E-state index contributed by atoms with van der Waals surface area (Å²) >= 11 is 0. The second kappa shape index (κ2) is 37.7. The average Bonchev–Trinajstić information content (AvgIpc) is 3.48. The van der Waals surface area contributed by atoms with Crippen LogP contribution in [0.1, 0.15) is 242 Å². The number of allylic oxidation sites excluding steroid dienone is 2. The fraction of sp³-hybridized carbons (Fsp3) is 0.704. The normalized spacial score (nSPS) is 12.3. The SMILES string of the molecule is CCCCCCCCc1cc(C)cc(C2=C(CCCCC)C(CCCCCCC)=C(c3cc(C)cc(CCCCCCCC)c3)[N+]2=[N-])c1.CCCCO.CCCCO.[Ni]. The Bertz CT molecular complexity index is 1420. The van der Waals surface area contributed by atoms with Gasteiger partial charge in [-0.05, 0) is 113 Å². The van der Waals surface area contributed by atoms with E-state index in [0.29, 0.717) is 13.2 Å². The van der Waals surface area contributed by atoms with Gasteiger partial charge in [-0.2, -0.15) is 0 Å². The third-order valence-corrected chi connectivity index (χ3v) is 11.4. The molecule has 2 aromatic rings. The molecule has 5 heteroatoms. The van der Waals surface area contributed by atoms with Crippen molar-refractivity contribution in [1.82, 2.24) is 0 Å². The smallest absolute Gasteiger partial charge is 0.211 e. The largest absolute Gasteiger partial charge is 0.493 e. The van der Waals surface area contributed by atoms with Gasteiger partial charge in [-0.25, -0.2) is 4.70 Å². The van der Waals surface area contributed by atoms with Crippen molar-refractivity contribution in [3.05, 3.63) is 86.5 Å². The predicted molar refractivity (Wildman–Crippen MR) is 255 cm³/mol. The Morgan fingerprint density at radius 3 is 1.00 bits per heavy atom. The topological polar surface area (TPSA) is 65.8 Å². The molecule has 0 amide bonds. The van der Waals surface area contributed by atoms with Crippen molar-refractivity contribution in [2.24, 2.45) is 0 Å². The molecule has 2 N–H and O–H groups in total. The molecule has 0 spiro atoms. The van der Waals surface area contributed by atoms with E-state index in [-0.39, 0.29) is 16.5 Å². The van der Waals surface area contributed by atoms with Gasteiger partial charge < -0.3 is 15.7 Å². The molecule has 0 aliphatic carbocycles. The van der Waals surface area contributed by atoms with Crippen LogP contribution in [0.4, 0.5) is 0 Å². The zero-order valence-corrected chi connectivity index (χ0v) is 40.8. The van der Waals surface area contributed by atoms with E-state index in [0.717, 1.165) is 62.8 Å². The van der Waals surface area contributed by atoms with E-state index < -0.39 is 0 Å². The first kappa shape index (κ1) is 56.9. The van der Waals surface area contributed by atoms with Gasteiger partial charge >= 0.3 is 0 Å². The second-order valence-corrected chi connectivity index (χ2v) is 17.2.